The predicted molar refractivity (Wildman–Crippen MR) is 49.2 cm³/mol. The number of aliphatic hydroxyl groups is 1. The zero-order valence-electron chi connectivity index (χ0n) is 7.51. The smallest absolute Gasteiger partial charge is 0.237 e. The summed E-state index contributed by atoms with van der Waals surface area (Å²) in [6.07, 6.45) is 1.19. The van der Waals surface area contributed by atoms with Crippen LogP contribution in [0.25, 0.3) is 0 Å². The average Bonchev–Trinajstić information content (AvgIpc) is 1.97. The van der Waals surface area contributed by atoms with Gasteiger partial charge in [0.25, 0.3) is 0 Å². The van der Waals surface area contributed by atoms with Gasteiger partial charge < -0.3 is 10.4 Å². The summed E-state index contributed by atoms with van der Waals surface area (Å²) in [6, 6.07) is 0. The molecular formula is C8H16ClNO2. The highest BCUT2D eigenvalue weighted by Gasteiger charge is 2.07. The Kier molecular flexibility index (Phi) is 6.11. The summed E-state index contributed by atoms with van der Waals surface area (Å²) in [4.78, 5) is 10.9. The van der Waals surface area contributed by atoms with Gasteiger partial charge in [0.1, 0.15) is 5.38 Å². The van der Waals surface area contributed by atoms with Gasteiger partial charge in [-0.2, -0.15) is 0 Å². The van der Waals surface area contributed by atoms with Crippen molar-refractivity contribution in [1.29, 1.82) is 0 Å². The minimum absolute atomic E-state index is 0.151. The molecule has 0 aliphatic heterocycles. The summed E-state index contributed by atoms with van der Waals surface area (Å²) in [5.41, 5.74) is 0. The molecule has 72 valence electrons. The molecule has 0 fully saturated rings. The molecule has 0 rings (SSSR count). The maximum Gasteiger partial charge on any atom is 0.237 e. The van der Waals surface area contributed by atoms with Crippen LogP contribution in [0.4, 0.5) is 0 Å². The highest BCUT2D eigenvalue weighted by Crippen LogP contribution is 1.95. The van der Waals surface area contributed by atoms with Gasteiger partial charge in [-0.25, -0.2) is 0 Å². The molecule has 2 unspecified atom stereocenters. The van der Waals surface area contributed by atoms with Crippen molar-refractivity contribution in [3.63, 3.8) is 0 Å². The summed E-state index contributed by atoms with van der Waals surface area (Å²) in [7, 11) is 0. The third kappa shape index (κ3) is 6.43. The van der Waals surface area contributed by atoms with Crippen molar-refractivity contribution in [2.45, 2.75) is 38.2 Å². The molecule has 0 radical (unpaired) electrons. The summed E-state index contributed by atoms with van der Waals surface area (Å²) in [5, 5.41) is 11.1. The summed E-state index contributed by atoms with van der Waals surface area (Å²) >= 11 is 5.51. The van der Waals surface area contributed by atoms with E-state index in [1.165, 1.54) is 0 Å². The van der Waals surface area contributed by atoms with Crippen molar-refractivity contribution >= 4 is 17.5 Å². The number of aliphatic hydroxyl groups excluding tert-OH is 1. The molecule has 0 aromatic heterocycles. The predicted octanol–water partition coefficient (Wildman–Crippen LogP) is 0.891. The number of halogens is 1. The fourth-order valence-electron chi connectivity index (χ4n) is 0.750. The maximum absolute atomic E-state index is 10.9. The molecule has 0 saturated carbocycles. The lowest BCUT2D eigenvalue weighted by Gasteiger charge is -2.06. The van der Waals surface area contributed by atoms with Crippen LogP contribution in [-0.2, 0) is 4.79 Å². The van der Waals surface area contributed by atoms with E-state index in [4.69, 9.17) is 16.7 Å². The zero-order chi connectivity index (χ0) is 9.56. The van der Waals surface area contributed by atoms with Gasteiger partial charge in [-0.15, -0.1) is 11.6 Å². The number of nitrogens with one attached hydrogen (secondary N) is 1. The van der Waals surface area contributed by atoms with Gasteiger partial charge in [0, 0.05) is 6.54 Å². The molecule has 12 heavy (non-hydrogen) atoms. The van der Waals surface area contributed by atoms with Gasteiger partial charge in [-0.05, 0) is 26.7 Å². The van der Waals surface area contributed by atoms with Crippen LogP contribution in [0.3, 0.4) is 0 Å². The Morgan fingerprint density at radius 3 is 2.58 bits per heavy atom. The Bertz CT molecular complexity index is 137. The van der Waals surface area contributed by atoms with E-state index in [9.17, 15) is 4.79 Å². The summed E-state index contributed by atoms with van der Waals surface area (Å²) in [6.45, 7) is 3.94. The van der Waals surface area contributed by atoms with Crippen molar-refractivity contribution in [3.05, 3.63) is 0 Å². The number of hydrogen-bond donors (Lipinski definition) is 2. The molecule has 0 spiro atoms. The molecule has 0 saturated heterocycles. The summed E-state index contributed by atoms with van der Waals surface area (Å²) < 4.78 is 0. The molecule has 0 heterocycles. The van der Waals surface area contributed by atoms with Crippen LogP contribution in [-0.4, -0.2) is 29.0 Å². The second-order valence-electron chi connectivity index (χ2n) is 2.90. The van der Waals surface area contributed by atoms with Gasteiger partial charge in [0.15, 0.2) is 0 Å². The first-order chi connectivity index (χ1) is 5.54. The first-order valence-electron chi connectivity index (χ1n) is 4.14. The Morgan fingerprint density at radius 2 is 2.17 bits per heavy atom. The number of amides is 1. The average molecular weight is 194 g/mol. The normalized spacial score (nSPS) is 15.3. The van der Waals surface area contributed by atoms with E-state index < -0.39 is 5.38 Å². The second-order valence-corrected chi connectivity index (χ2v) is 3.55. The van der Waals surface area contributed by atoms with Crippen LogP contribution < -0.4 is 5.32 Å². The fourth-order valence-corrected chi connectivity index (χ4v) is 0.827. The number of carbonyl (C=O) groups is 1. The van der Waals surface area contributed by atoms with Crippen LogP contribution in [0, 0.1) is 0 Å². The fraction of sp³-hybridized carbons (Fsp3) is 0.875. The van der Waals surface area contributed by atoms with E-state index in [1.807, 2.05) is 0 Å². The molecule has 0 aromatic rings. The van der Waals surface area contributed by atoms with E-state index in [-0.39, 0.29) is 12.0 Å². The molecule has 0 aromatic carbocycles. The third-order valence-electron chi connectivity index (χ3n) is 1.46. The van der Waals surface area contributed by atoms with Crippen LogP contribution in [0.2, 0.25) is 0 Å². The molecule has 4 heteroatoms. The first-order valence-corrected chi connectivity index (χ1v) is 4.57. The number of rotatable bonds is 5. The van der Waals surface area contributed by atoms with Gasteiger partial charge >= 0.3 is 0 Å². The number of alkyl halides is 1. The SMILES string of the molecule is CC(O)CCCNC(=O)C(C)Cl. The largest absolute Gasteiger partial charge is 0.393 e. The van der Waals surface area contributed by atoms with E-state index >= 15 is 0 Å². The maximum atomic E-state index is 10.9. The molecule has 2 atom stereocenters. The van der Waals surface area contributed by atoms with E-state index in [2.05, 4.69) is 5.32 Å². The molecule has 3 nitrogen and oxygen atoms in total. The molecule has 1 amide bonds. The van der Waals surface area contributed by atoms with Gasteiger partial charge in [-0.3, -0.25) is 4.79 Å². The van der Waals surface area contributed by atoms with E-state index in [1.54, 1.807) is 13.8 Å². The van der Waals surface area contributed by atoms with Crippen molar-refractivity contribution in [2.75, 3.05) is 6.54 Å². The Hall–Kier alpha value is -0.280. The standard InChI is InChI=1S/C8H16ClNO2/c1-6(11)4-3-5-10-8(12)7(2)9/h6-7,11H,3-5H2,1-2H3,(H,10,12). The Balaban J connectivity index is 3.26. The van der Waals surface area contributed by atoms with Crippen LogP contribution in [0.5, 0.6) is 0 Å². The van der Waals surface area contributed by atoms with E-state index in [0.29, 0.717) is 13.0 Å². The quantitative estimate of drug-likeness (QED) is 0.504. The van der Waals surface area contributed by atoms with Crippen LogP contribution in [0.15, 0.2) is 0 Å². The molecular weight excluding hydrogens is 178 g/mol. The Morgan fingerprint density at radius 1 is 1.58 bits per heavy atom. The number of hydrogen-bond acceptors (Lipinski definition) is 2. The third-order valence-corrected chi connectivity index (χ3v) is 1.66. The number of carbonyl (C=O) groups excluding carboxylic acids is 1. The summed E-state index contributed by atoms with van der Waals surface area (Å²) in [5.74, 6) is -0.151. The lowest BCUT2D eigenvalue weighted by molar-refractivity contribution is -0.120. The van der Waals surface area contributed by atoms with Crippen molar-refractivity contribution in [1.82, 2.24) is 5.32 Å². The van der Waals surface area contributed by atoms with Crippen molar-refractivity contribution in [2.24, 2.45) is 0 Å². The lowest BCUT2D eigenvalue weighted by Crippen LogP contribution is -2.30. The molecule has 0 aliphatic carbocycles. The Labute approximate surface area is 78.1 Å². The van der Waals surface area contributed by atoms with Crippen LogP contribution in [0.1, 0.15) is 26.7 Å². The van der Waals surface area contributed by atoms with Gasteiger partial charge in [-0.1, -0.05) is 0 Å². The van der Waals surface area contributed by atoms with Gasteiger partial charge in [0.05, 0.1) is 6.10 Å². The minimum atomic E-state index is -0.475. The monoisotopic (exact) mass is 193 g/mol. The van der Waals surface area contributed by atoms with Crippen molar-refractivity contribution < 1.29 is 9.90 Å². The molecule has 0 aliphatic rings. The van der Waals surface area contributed by atoms with E-state index in [0.717, 1.165) is 6.42 Å². The first kappa shape index (κ1) is 11.7. The van der Waals surface area contributed by atoms with Gasteiger partial charge in [0.2, 0.25) is 5.91 Å². The highest BCUT2D eigenvalue weighted by molar-refractivity contribution is 6.30. The highest BCUT2D eigenvalue weighted by atomic mass is 35.5. The molecule has 2 N–H and O–H groups in total. The lowest BCUT2D eigenvalue weighted by atomic mass is 10.2. The van der Waals surface area contributed by atoms with Crippen LogP contribution >= 0.6 is 11.6 Å². The topological polar surface area (TPSA) is 49.3 Å². The minimum Gasteiger partial charge on any atom is -0.393 e. The zero-order valence-corrected chi connectivity index (χ0v) is 8.27. The molecule has 0 bridgehead atoms. The second kappa shape index (κ2) is 6.26. The van der Waals surface area contributed by atoms with Crippen molar-refractivity contribution in [3.8, 4) is 0 Å².